The molecule has 3 aromatic heterocycles. The summed E-state index contributed by atoms with van der Waals surface area (Å²) >= 11 is -2.43. The number of aromatic nitrogens is 3. The Hall–Kier alpha value is -2.34. The molecule has 0 aliphatic carbocycles. The number of rotatable bonds is 3. The number of nitrogens with zero attached hydrogens (tertiary/aromatic N) is 4. The standard InChI is InChI=1S/C17H17N5O2S/c1-10-8-22(15(6-18)25(23)24)9-13(10)11-2-4-19-14-7-21-17-12(16(11)14)3-5-20-17/h2-5,7,10,13,15,19H,8-9H2,1H3,(H,23,24)/p-1. The van der Waals surface area contributed by atoms with E-state index in [-0.39, 0.29) is 11.8 Å². The van der Waals surface area contributed by atoms with Crippen molar-refractivity contribution in [2.45, 2.75) is 18.2 Å². The molecule has 4 rings (SSSR count). The molecule has 3 aromatic rings. The van der Waals surface area contributed by atoms with Crippen molar-refractivity contribution < 1.29 is 8.76 Å². The van der Waals surface area contributed by atoms with Crippen LogP contribution in [0.3, 0.4) is 0 Å². The molecular weight excluding hydrogens is 338 g/mol. The van der Waals surface area contributed by atoms with E-state index in [2.05, 4.69) is 21.9 Å². The molecule has 1 aliphatic rings. The third kappa shape index (κ3) is 2.61. The summed E-state index contributed by atoms with van der Waals surface area (Å²) in [6.07, 6.45) is 5.39. The van der Waals surface area contributed by atoms with Crippen molar-refractivity contribution in [1.29, 1.82) is 5.26 Å². The summed E-state index contributed by atoms with van der Waals surface area (Å²) in [5.41, 5.74) is 2.76. The molecule has 1 N–H and O–H groups in total. The molecular formula is C17H16N5O2S-. The first-order valence-corrected chi connectivity index (χ1v) is 9.16. The maximum atomic E-state index is 11.3. The minimum atomic E-state index is -2.43. The third-order valence-electron chi connectivity index (χ3n) is 4.99. The van der Waals surface area contributed by atoms with Gasteiger partial charge in [0.2, 0.25) is 0 Å². The molecule has 1 aliphatic heterocycles. The normalized spacial score (nSPS) is 23.7. The van der Waals surface area contributed by atoms with Gasteiger partial charge in [0, 0.05) is 42.2 Å². The van der Waals surface area contributed by atoms with Crippen LogP contribution >= 0.6 is 0 Å². The molecule has 4 heterocycles. The molecule has 1 saturated heterocycles. The van der Waals surface area contributed by atoms with Gasteiger partial charge in [0.15, 0.2) is 11.0 Å². The lowest BCUT2D eigenvalue weighted by Gasteiger charge is -2.23. The molecule has 8 heteroatoms. The smallest absolute Gasteiger partial charge is 0.161 e. The molecule has 7 nitrogen and oxygen atoms in total. The highest BCUT2D eigenvalue weighted by molar-refractivity contribution is 7.80. The van der Waals surface area contributed by atoms with Gasteiger partial charge < -0.3 is 9.54 Å². The van der Waals surface area contributed by atoms with E-state index < -0.39 is 16.5 Å². The zero-order valence-electron chi connectivity index (χ0n) is 13.5. The Morgan fingerprint density at radius 1 is 1.44 bits per heavy atom. The number of pyridine rings is 2. The topological polar surface area (TPSA) is 109 Å². The lowest BCUT2D eigenvalue weighted by molar-refractivity contribution is 0.326. The quantitative estimate of drug-likeness (QED) is 0.719. The monoisotopic (exact) mass is 354 g/mol. The number of aromatic amines is 1. The summed E-state index contributed by atoms with van der Waals surface area (Å²) in [6.45, 7) is 3.20. The van der Waals surface area contributed by atoms with Gasteiger partial charge in [-0.05, 0) is 34.7 Å². The Bertz CT molecular complexity index is 1010. The Labute approximate surface area is 147 Å². The number of fused-ring (bicyclic) bond motifs is 3. The lowest BCUT2D eigenvalue weighted by Crippen LogP contribution is -2.35. The number of nitriles is 1. The highest BCUT2D eigenvalue weighted by Gasteiger charge is 2.36. The fourth-order valence-electron chi connectivity index (χ4n) is 3.84. The van der Waals surface area contributed by atoms with E-state index in [9.17, 15) is 14.0 Å². The average Bonchev–Trinajstić information content (AvgIpc) is 3.21. The van der Waals surface area contributed by atoms with Crippen LogP contribution in [0.25, 0.3) is 21.9 Å². The Kier molecular flexibility index (Phi) is 4.00. The molecule has 0 aromatic carbocycles. The van der Waals surface area contributed by atoms with Gasteiger partial charge in [-0.15, -0.1) is 0 Å². The van der Waals surface area contributed by atoms with Gasteiger partial charge in [-0.2, -0.15) is 5.26 Å². The summed E-state index contributed by atoms with van der Waals surface area (Å²) in [6, 6.07) is 5.87. The number of hydrogen-bond acceptors (Lipinski definition) is 6. The average molecular weight is 354 g/mol. The van der Waals surface area contributed by atoms with Gasteiger partial charge in [-0.1, -0.05) is 6.92 Å². The lowest BCUT2D eigenvalue weighted by atomic mass is 9.88. The second-order valence-electron chi connectivity index (χ2n) is 6.44. The molecule has 0 bridgehead atoms. The van der Waals surface area contributed by atoms with Crippen LogP contribution in [0.2, 0.25) is 0 Å². The van der Waals surface area contributed by atoms with E-state index in [1.165, 1.54) is 0 Å². The Morgan fingerprint density at radius 3 is 3.04 bits per heavy atom. The van der Waals surface area contributed by atoms with Crippen LogP contribution in [0.4, 0.5) is 0 Å². The second-order valence-corrected chi connectivity index (χ2v) is 7.41. The first-order chi connectivity index (χ1) is 12.1. The molecule has 1 fully saturated rings. The highest BCUT2D eigenvalue weighted by Crippen LogP contribution is 2.38. The minimum Gasteiger partial charge on any atom is -0.770 e. The van der Waals surface area contributed by atoms with Crippen molar-refractivity contribution in [1.82, 2.24) is 19.9 Å². The summed E-state index contributed by atoms with van der Waals surface area (Å²) in [5, 5.41) is 10.1. The van der Waals surface area contributed by atoms with Gasteiger partial charge in [0.1, 0.15) is 0 Å². The predicted molar refractivity (Wildman–Crippen MR) is 93.2 cm³/mol. The van der Waals surface area contributed by atoms with E-state index in [0.29, 0.717) is 18.7 Å². The van der Waals surface area contributed by atoms with E-state index >= 15 is 0 Å². The summed E-state index contributed by atoms with van der Waals surface area (Å²) < 4.78 is 22.7. The van der Waals surface area contributed by atoms with Crippen molar-refractivity contribution in [2.75, 3.05) is 13.1 Å². The number of hydrogen-bond donors (Lipinski definition) is 1. The van der Waals surface area contributed by atoms with E-state index in [0.717, 1.165) is 21.9 Å². The fraction of sp³-hybridized carbons (Fsp3) is 0.353. The minimum absolute atomic E-state index is 0.136. The molecule has 25 heavy (non-hydrogen) atoms. The van der Waals surface area contributed by atoms with Gasteiger partial charge >= 0.3 is 0 Å². The Morgan fingerprint density at radius 2 is 2.28 bits per heavy atom. The SMILES string of the molecule is CC1CN(C(C#N)S(=O)[O-])CC1c1cc[nH]c2cnc3nccc3c12. The molecule has 4 unspecified atom stereocenters. The molecule has 4 atom stereocenters. The van der Waals surface area contributed by atoms with Crippen LogP contribution < -0.4 is 0 Å². The van der Waals surface area contributed by atoms with Crippen molar-refractivity contribution in [3.05, 3.63) is 36.3 Å². The second kappa shape index (κ2) is 6.19. The zero-order valence-corrected chi connectivity index (χ0v) is 14.4. The van der Waals surface area contributed by atoms with E-state index in [1.807, 2.05) is 24.4 Å². The van der Waals surface area contributed by atoms with Crippen molar-refractivity contribution >= 4 is 33.0 Å². The molecule has 128 valence electrons. The van der Waals surface area contributed by atoms with Crippen molar-refractivity contribution in [3.8, 4) is 6.07 Å². The Balaban J connectivity index is 1.81. The predicted octanol–water partition coefficient (Wildman–Crippen LogP) is 1.88. The zero-order chi connectivity index (χ0) is 17.6. The van der Waals surface area contributed by atoms with Crippen molar-refractivity contribution in [3.63, 3.8) is 0 Å². The largest absolute Gasteiger partial charge is 0.770 e. The van der Waals surface area contributed by atoms with E-state index in [1.54, 1.807) is 17.3 Å². The molecule has 0 saturated carbocycles. The first kappa shape index (κ1) is 16.1. The number of H-pyrrole nitrogens is 1. The highest BCUT2D eigenvalue weighted by atomic mass is 32.2. The van der Waals surface area contributed by atoms with Gasteiger partial charge in [-0.25, -0.2) is 9.97 Å². The number of nitrogens with one attached hydrogen (secondary N) is 1. The third-order valence-corrected chi connectivity index (χ3v) is 5.76. The van der Waals surface area contributed by atoms with Crippen molar-refractivity contribution in [2.24, 2.45) is 5.92 Å². The molecule has 0 amide bonds. The summed E-state index contributed by atoms with van der Waals surface area (Å²) in [7, 11) is 0. The summed E-state index contributed by atoms with van der Waals surface area (Å²) in [4.78, 5) is 13.6. The van der Waals surface area contributed by atoms with Gasteiger partial charge in [0.05, 0.1) is 17.8 Å². The van der Waals surface area contributed by atoms with Gasteiger partial charge in [-0.3, -0.25) is 9.11 Å². The van der Waals surface area contributed by atoms with E-state index in [4.69, 9.17) is 0 Å². The number of likely N-dealkylation sites (tertiary alicyclic amines) is 1. The van der Waals surface area contributed by atoms with Crippen LogP contribution in [0.1, 0.15) is 18.4 Å². The van der Waals surface area contributed by atoms with Gasteiger partial charge in [0.25, 0.3) is 0 Å². The summed E-state index contributed by atoms with van der Waals surface area (Å²) in [5.74, 6) is 0.369. The first-order valence-electron chi connectivity index (χ1n) is 8.02. The van der Waals surface area contributed by atoms with Crippen LogP contribution in [0.5, 0.6) is 0 Å². The maximum Gasteiger partial charge on any atom is 0.161 e. The fourth-order valence-corrected chi connectivity index (χ4v) is 4.34. The van der Waals surface area contributed by atoms with Crippen LogP contribution in [0.15, 0.2) is 30.7 Å². The van der Waals surface area contributed by atoms with Crippen LogP contribution in [-0.4, -0.2) is 47.1 Å². The molecule has 0 radical (unpaired) electrons. The maximum absolute atomic E-state index is 11.3. The van der Waals surface area contributed by atoms with Crippen LogP contribution in [0, 0.1) is 17.2 Å². The van der Waals surface area contributed by atoms with Crippen LogP contribution in [-0.2, 0) is 11.1 Å². The molecule has 0 spiro atoms.